The number of benzene rings is 3. The van der Waals surface area contributed by atoms with Crippen LogP contribution >= 0.6 is 0 Å². The van der Waals surface area contributed by atoms with Crippen molar-refractivity contribution in [2.75, 3.05) is 14.2 Å². The molecule has 7 heteroatoms. The second-order valence-electron chi connectivity index (χ2n) is 6.79. The Morgan fingerprint density at radius 2 is 1.23 bits per heavy atom. The summed E-state index contributed by atoms with van der Waals surface area (Å²) < 4.78 is 10.2. The third-order valence-corrected chi connectivity index (χ3v) is 4.73. The quantitative estimate of drug-likeness (QED) is 0.520. The highest BCUT2D eigenvalue weighted by Gasteiger charge is 2.15. The van der Waals surface area contributed by atoms with Gasteiger partial charge < -0.3 is 25.2 Å². The van der Waals surface area contributed by atoms with Gasteiger partial charge in [0.2, 0.25) is 0 Å². The van der Waals surface area contributed by atoms with Crippen molar-refractivity contribution in [2.24, 2.45) is 0 Å². The van der Waals surface area contributed by atoms with Gasteiger partial charge in [-0.15, -0.1) is 0 Å². The zero-order chi connectivity index (χ0) is 22.2. The number of phenolic OH excluding ortho intramolecular Hbond substituents is 1. The van der Waals surface area contributed by atoms with E-state index >= 15 is 0 Å². The molecule has 7 nitrogen and oxygen atoms in total. The van der Waals surface area contributed by atoms with E-state index in [1.165, 1.54) is 18.2 Å². The van der Waals surface area contributed by atoms with Crippen LogP contribution in [-0.4, -0.2) is 31.1 Å². The van der Waals surface area contributed by atoms with Gasteiger partial charge in [0, 0.05) is 18.7 Å². The van der Waals surface area contributed by atoms with Crippen molar-refractivity contribution in [1.29, 1.82) is 0 Å². The fraction of sp³-hybridized carbons (Fsp3) is 0.167. The molecule has 0 atom stereocenters. The van der Waals surface area contributed by atoms with Gasteiger partial charge in [0.25, 0.3) is 11.8 Å². The maximum Gasteiger partial charge on any atom is 0.255 e. The van der Waals surface area contributed by atoms with Crippen LogP contribution in [0.5, 0.6) is 17.2 Å². The lowest BCUT2D eigenvalue weighted by Crippen LogP contribution is -2.25. The number of amides is 2. The van der Waals surface area contributed by atoms with E-state index < -0.39 is 5.91 Å². The first-order valence-corrected chi connectivity index (χ1v) is 9.65. The van der Waals surface area contributed by atoms with Gasteiger partial charge in [0.1, 0.15) is 17.2 Å². The molecule has 3 N–H and O–H groups in total. The van der Waals surface area contributed by atoms with Crippen LogP contribution in [0.4, 0.5) is 0 Å². The summed E-state index contributed by atoms with van der Waals surface area (Å²) in [6, 6.07) is 18.8. The molecule has 0 aliphatic heterocycles. The minimum Gasteiger partial charge on any atom is -0.507 e. The Kier molecular flexibility index (Phi) is 7.11. The molecule has 160 valence electrons. The molecule has 0 unspecified atom stereocenters. The Morgan fingerprint density at radius 3 is 1.71 bits per heavy atom. The molecule has 3 aromatic carbocycles. The smallest absolute Gasteiger partial charge is 0.255 e. The van der Waals surface area contributed by atoms with Crippen LogP contribution in [0.1, 0.15) is 31.8 Å². The number of aromatic hydroxyl groups is 1. The second kappa shape index (κ2) is 10.2. The lowest BCUT2D eigenvalue weighted by atomic mass is 10.1. The third kappa shape index (κ3) is 5.76. The summed E-state index contributed by atoms with van der Waals surface area (Å²) >= 11 is 0. The van der Waals surface area contributed by atoms with Gasteiger partial charge in [0.15, 0.2) is 0 Å². The Hall–Kier alpha value is -4.00. The lowest BCUT2D eigenvalue weighted by Gasteiger charge is -2.10. The van der Waals surface area contributed by atoms with E-state index in [2.05, 4.69) is 10.6 Å². The number of carbonyl (C=O) groups excluding carboxylic acids is 2. The van der Waals surface area contributed by atoms with Crippen LogP contribution in [-0.2, 0) is 13.1 Å². The molecule has 3 aromatic rings. The Morgan fingerprint density at radius 1 is 0.742 bits per heavy atom. The molecule has 0 saturated carbocycles. The first kappa shape index (κ1) is 21.7. The molecule has 0 aromatic heterocycles. The van der Waals surface area contributed by atoms with E-state index in [1.807, 2.05) is 36.4 Å². The summed E-state index contributed by atoms with van der Waals surface area (Å²) in [4.78, 5) is 25.0. The third-order valence-electron chi connectivity index (χ3n) is 4.73. The number of methoxy groups -OCH3 is 2. The highest BCUT2D eigenvalue weighted by molar-refractivity contribution is 6.01. The number of hydrogen-bond donors (Lipinski definition) is 3. The van der Waals surface area contributed by atoms with Crippen molar-refractivity contribution in [3.8, 4) is 17.2 Å². The molecule has 3 rings (SSSR count). The molecule has 0 aliphatic carbocycles. The number of hydrogen-bond acceptors (Lipinski definition) is 5. The number of phenols is 1. The molecular formula is C24H24N2O5. The standard InChI is InChI=1S/C24H24N2O5/c1-30-19-8-3-16(4-9-19)14-25-23(28)18-7-12-22(27)21(13-18)24(29)26-15-17-5-10-20(31-2)11-6-17/h3-13,27H,14-15H2,1-2H3,(H,25,28)(H,26,29). The average molecular weight is 420 g/mol. The Balaban J connectivity index is 1.62. The maximum atomic E-state index is 12.5. The summed E-state index contributed by atoms with van der Waals surface area (Å²) in [7, 11) is 3.17. The predicted molar refractivity (Wildman–Crippen MR) is 116 cm³/mol. The van der Waals surface area contributed by atoms with E-state index in [1.54, 1.807) is 26.4 Å². The van der Waals surface area contributed by atoms with Crippen LogP contribution in [0.2, 0.25) is 0 Å². The first-order valence-electron chi connectivity index (χ1n) is 9.65. The fourth-order valence-corrected chi connectivity index (χ4v) is 2.91. The molecule has 0 bridgehead atoms. The van der Waals surface area contributed by atoms with Crippen molar-refractivity contribution in [2.45, 2.75) is 13.1 Å². The van der Waals surface area contributed by atoms with Crippen LogP contribution in [0.15, 0.2) is 66.7 Å². The zero-order valence-electron chi connectivity index (χ0n) is 17.3. The normalized spacial score (nSPS) is 10.3. The first-order chi connectivity index (χ1) is 15.0. The number of carbonyl (C=O) groups is 2. The number of rotatable bonds is 8. The topological polar surface area (TPSA) is 96.9 Å². The zero-order valence-corrected chi connectivity index (χ0v) is 17.3. The van der Waals surface area contributed by atoms with E-state index in [9.17, 15) is 14.7 Å². The van der Waals surface area contributed by atoms with Crippen molar-refractivity contribution >= 4 is 11.8 Å². The van der Waals surface area contributed by atoms with Gasteiger partial charge in [-0.3, -0.25) is 9.59 Å². The minimum absolute atomic E-state index is 0.0330. The number of ether oxygens (including phenoxy) is 2. The molecule has 0 saturated heterocycles. The Bertz CT molecular complexity index is 1050. The monoisotopic (exact) mass is 420 g/mol. The van der Waals surface area contributed by atoms with Gasteiger partial charge in [-0.05, 0) is 53.6 Å². The molecule has 31 heavy (non-hydrogen) atoms. The molecule has 0 fully saturated rings. The van der Waals surface area contributed by atoms with Crippen molar-refractivity contribution in [1.82, 2.24) is 10.6 Å². The van der Waals surface area contributed by atoms with Gasteiger partial charge in [-0.2, -0.15) is 0 Å². The van der Waals surface area contributed by atoms with E-state index in [0.29, 0.717) is 6.54 Å². The largest absolute Gasteiger partial charge is 0.507 e. The summed E-state index contributed by atoms with van der Waals surface area (Å²) in [5, 5.41) is 15.6. The van der Waals surface area contributed by atoms with Gasteiger partial charge in [-0.25, -0.2) is 0 Å². The Labute approximate surface area is 180 Å². The van der Waals surface area contributed by atoms with Crippen LogP contribution in [0.25, 0.3) is 0 Å². The highest BCUT2D eigenvalue weighted by atomic mass is 16.5. The van der Waals surface area contributed by atoms with Crippen LogP contribution in [0.3, 0.4) is 0 Å². The lowest BCUT2D eigenvalue weighted by molar-refractivity contribution is 0.0948. The molecule has 0 aliphatic rings. The van der Waals surface area contributed by atoms with Crippen LogP contribution in [0, 0.1) is 0 Å². The molecular weight excluding hydrogens is 396 g/mol. The number of nitrogens with one attached hydrogen (secondary N) is 2. The van der Waals surface area contributed by atoms with Gasteiger partial charge in [-0.1, -0.05) is 24.3 Å². The molecule has 2 amide bonds. The van der Waals surface area contributed by atoms with E-state index in [0.717, 1.165) is 22.6 Å². The molecule has 0 heterocycles. The van der Waals surface area contributed by atoms with E-state index in [4.69, 9.17) is 9.47 Å². The highest BCUT2D eigenvalue weighted by Crippen LogP contribution is 2.19. The van der Waals surface area contributed by atoms with Gasteiger partial charge >= 0.3 is 0 Å². The fourth-order valence-electron chi connectivity index (χ4n) is 2.91. The summed E-state index contributed by atoms with van der Waals surface area (Å²) in [5.41, 5.74) is 2.10. The molecule has 0 radical (unpaired) electrons. The summed E-state index contributed by atoms with van der Waals surface area (Å²) in [6.07, 6.45) is 0. The second-order valence-corrected chi connectivity index (χ2v) is 6.79. The van der Waals surface area contributed by atoms with Crippen molar-refractivity contribution < 1.29 is 24.2 Å². The summed E-state index contributed by atoms with van der Waals surface area (Å²) in [6.45, 7) is 0.596. The maximum absolute atomic E-state index is 12.5. The van der Waals surface area contributed by atoms with Crippen molar-refractivity contribution in [3.05, 3.63) is 89.0 Å². The predicted octanol–water partition coefficient (Wildman–Crippen LogP) is 3.27. The molecule has 0 spiro atoms. The SMILES string of the molecule is COc1ccc(CNC(=O)c2ccc(O)c(C(=O)NCc3ccc(OC)cc3)c2)cc1. The van der Waals surface area contributed by atoms with Crippen LogP contribution < -0.4 is 20.1 Å². The van der Waals surface area contributed by atoms with Gasteiger partial charge in [0.05, 0.1) is 19.8 Å². The van der Waals surface area contributed by atoms with E-state index in [-0.39, 0.29) is 29.3 Å². The summed E-state index contributed by atoms with van der Waals surface area (Å²) in [5.74, 6) is 0.442. The average Bonchev–Trinajstić information content (AvgIpc) is 2.82. The van der Waals surface area contributed by atoms with Crippen molar-refractivity contribution in [3.63, 3.8) is 0 Å². The minimum atomic E-state index is -0.474.